The number of para-hydroxylation sites is 1. The van der Waals surface area contributed by atoms with Crippen molar-refractivity contribution in [2.75, 3.05) is 43.5 Å². The molecule has 1 aromatic heterocycles. The molecule has 1 saturated heterocycles. The number of aromatic nitrogens is 1. The van der Waals surface area contributed by atoms with Crippen LogP contribution in [-0.4, -0.2) is 66.4 Å². The maximum atomic E-state index is 12.4. The SMILES string of the molecule is COc1c(-c2ccc(NC(C)O)cc2)cccc1-c1cc(N2CCN(C(=O)OC(C)(C)C)CC2)no1. The molecule has 192 valence electrons. The minimum Gasteiger partial charge on any atom is -0.495 e. The molecule has 1 aliphatic heterocycles. The maximum absolute atomic E-state index is 12.4. The van der Waals surface area contributed by atoms with Crippen LogP contribution in [0.4, 0.5) is 16.3 Å². The molecule has 2 N–H and O–H groups in total. The highest BCUT2D eigenvalue weighted by Gasteiger charge is 2.27. The fourth-order valence-electron chi connectivity index (χ4n) is 4.15. The Balaban J connectivity index is 1.50. The topological polar surface area (TPSA) is 100 Å². The minimum absolute atomic E-state index is 0.292. The zero-order chi connectivity index (χ0) is 25.9. The molecule has 36 heavy (non-hydrogen) atoms. The average Bonchev–Trinajstić information content (AvgIpc) is 3.33. The zero-order valence-electron chi connectivity index (χ0n) is 21.4. The Hall–Kier alpha value is -3.72. The number of benzene rings is 2. The molecular formula is C27H34N4O5. The number of rotatable bonds is 6. The summed E-state index contributed by atoms with van der Waals surface area (Å²) in [7, 11) is 1.64. The second-order valence-corrected chi connectivity index (χ2v) is 9.79. The van der Waals surface area contributed by atoms with Gasteiger partial charge < -0.3 is 34.2 Å². The minimum atomic E-state index is -0.630. The second kappa shape index (κ2) is 10.5. The molecule has 0 saturated carbocycles. The Labute approximate surface area is 211 Å². The van der Waals surface area contributed by atoms with Crippen LogP contribution in [0.3, 0.4) is 0 Å². The molecule has 3 aromatic rings. The third-order valence-corrected chi connectivity index (χ3v) is 5.81. The van der Waals surface area contributed by atoms with Gasteiger partial charge in [-0.25, -0.2) is 4.79 Å². The molecule has 1 unspecified atom stereocenters. The lowest BCUT2D eigenvalue weighted by Crippen LogP contribution is -2.50. The van der Waals surface area contributed by atoms with Gasteiger partial charge in [-0.1, -0.05) is 29.4 Å². The number of hydrogen-bond acceptors (Lipinski definition) is 8. The molecule has 0 spiro atoms. The lowest BCUT2D eigenvalue weighted by atomic mass is 10.00. The number of aliphatic hydroxyl groups is 1. The van der Waals surface area contributed by atoms with Crippen molar-refractivity contribution in [1.29, 1.82) is 0 Å². The number of aliphatic hydroxyl groups excluding tert-OH is 1. The van der Waals surface area contributed by atoms with E-state index in [9.17, 15) is 9.90 Å². The van der Waals surface area contributed by atoms with Crippen molar-refractivity contribution in [3.05, 3.63) is 48.5 Å². The summed E-state index contributed by atoms with van der Waals surface area (Å²) in [5.41, 5.74) is 3.01. The number of anilines is 2. The monoisotopic (exact) mass is 494 g/mol. The van der Waals surface area contributed by atoms with Crippen LogP contribution in [0.15, 0.2) is 53.1 Å². The van der Waals surface area contributed by atoms with Gasteiger partial charge in [0, 0.05) is 43.5 Å². The van der Waals surface area contributed by atoms with Crippen LogP contribution < -0.4 is 15.0 Å². The van der Waals surface area contributed by atoms with Gasteiger partial charge in [0.1, 0.15) is 17.6 Å². The maximum Gasteiger partial charge on any atom is 0.410 e. The van der Waals surface area contributed by atoms with Gasteiger partial charge >= 0.3 is 6.09 Å². The summed E-state index contributed by atoms with van der Waals surface area (Å²) < 4.78 is 17.0. The van der Waals surface area contributed by atoms with E-state index >= 15 is 0 Å². The molecule has 0 aliphatic carbocycles. The molecule has 0 bridgehead atoms. The van der Waals surface area contributed by atoms with Crippen LogP contribution in [0.5, 0.6) is 5.75 Å². The fourth-order valence-corrected chi connectivity index (χ4v) is 4.15. The molecule has 4 rings (SSSR count). The largest absolute Gasteiger partial charge is 0.495 e. The van der Waals surface area contributed by atoms with E-state index in [1.165, 1.54) is 0 Å². The highest BCUT2D eigenvalue weighted by molar-refractivity contribution is 5.82. The third-order valence-electron chi connectivity index (χ3n) is 5.81. The van der Waals surface area contributed by atoms with Crippen molar-refractivity contribution in [3.8, 4) is 28.2 Å². The summed E-state index contributed by atoms with van der Waals surface area (Å²) in [6.07, 6.45) is -0.922. The lowest BCUT2D eigenvalue weighted by Gasteiger charge is -2.35. The predicted molar refractivity (Wildman–Crippen MR) is 139 cm³/mol. The van der Waals surface area contributed by atoms with Gasteiger partial charge in [-0.15, -0.1) is 0 Å². The first-order chi connectivity index (χ1) is 17.1. The van der Waals surface area contributed by atoms with Crippen LogP contribution >= 0.6 is 0 Å². The summed E-state index contributed by atoms with van der Waals surface area (Å²) in [5, 5.41) is 16.8. The number of methoxy groups -OCH3 is 1. The fraction of sp³-hybridized carbons (Fsp3) is 0.407. The van der Waals surface area contributed by atoms with Gasteiger partial charge in [0.15, 0.2) is 11.6 Å². The summed E-state index contributed by atoms with van der Waals surface area (Å²) >= 11 is 0. The summed E-state index contributed by atoms with van der Waals surface area (Å²) in [6.45, 7) is 9.64. The number of piperazine rings is 1. The van der Waals surface area contributed by atoms with Crippen LogP contribution in [0.25, 0.3) is 22.5 Å². The molecule has 2 aromatic carbocycles. The molecule has 1 amide bonds. The first-order valence-corrected chi connectivity index (χ1v) is 12.1. The summed E-state index contributed by atoms with van der Waals surface area (Å²) in [6, 6.07) is 15.6. The molecule has 2 heterocycles. The van der Waals surface area contributed by atoms with Crippen molar-refractivity contribution in [1.82, 2.24) is 10.1 Å². The molecule has 9 nitrogen and oxygen atoms in total. The number of carbonyl (C=O) groups excluding carboxylic acids is 1. The molecule has 1 aliphatic rings. The Bertz CT molecular complexity index is 1180. The van der Waals surface area contributed by atoms with E-state index in [-0.39, 0.29) is 6.09 Å². The van der Waals surface area contributed by atoms with Crippen LogP contribution in [-0.2, 0) is 4.74 Å². The van der Waals surface area contributed by atoms with Gasteiger partial charge in [-0.05, 0) is 51.5 Å². The van der Waals surface area contributed by atoms with E-state index in [2.05, 4.69) is 15.4 Å². The third kappa shape index (κ3) is 5.91. The molecule has 1 atom stereocenters. The highest BCUT2D eigenvalue weighted by Crippen LogP contribution is 2.40. The van der Waals surface area contributed by atoms with Crippen molar-refractivity contribution >= 4 is 17.6 Å². The average molecular weight is 495 g/mol. The quantitative estimate of drug-likeness (QED) is 0.470. The Kier molecular flexibility index (Phi) is 7.40. The van der Waals surface area contributed by atoms with Crippen molar-refractivity contribution < 1.29 is 23.9 Å². The number of nitrogens with one attached hydrogen (secondary N) is 1. The predicted octanol–water partition coefficient (Wildman–Crippen LogP) is 4.82. The highest BCUT2D eigenvalue weighted by atomic mass is 16.6. The summed E-state index contributed by atoms with van der Waals surface area (Å²) in [5.74, 6) is 2.01. The van der Waals surface area contributed by atoms with Crippen molar-refractivity contribution in [2.24, 2.45) is 0 Å². The standard InChI is InChI=1S/C27H34N4O5/c1-18(32)28-20-11-9-19(10-12-20)21-7-6-8-22(25(21)34-5)23-17-24(29-36-23)30-13-15-31(16-14-30)26(33)35-27(2,3)4/h6-12,17-18,28,32H,13-16H2,1-5H3. The Morgan fingerprint density at radius 1 is 1.08 bits per heavy atom. The molecule has 0 radical (unpaired) electrons. The van der Waals surface area contributed by atoms with Gasteiger partial charge in [0.05, 0.1) is 12.7 Å². The van der Waals surface area contributed by atoms with E-state index in [0.29, 0.717) is 37.7 Å². The van der Waals surface area contributed by atoms with E-state index in [0.717, 1.165) is 28.2 Å². The van der Waals surface area contributed by atoms with E-state index in [4.69, 9.17) is 14.0 Å². The van der Waals surface area contributed by atoms with Gasteiger partial charge in [0.25, 0.3) is 0 Å². The lowest BCUT2D eigenvalue weighted by molar-refractivity contribution is 0.0240. The van der Waals surface area contributed by atoms with E-state index in [1.54, 1.807) is 18.9 Å². The number of ether oxygens (including phenoxy) is 2. The zero-order valence-corrected chi connectivity index (χ0v) is 21.4. The van der Waals surface area contributed by atoms with Gasteiger partial charge in [0.2, 0.25) is 0 Å². The van der Waals surface area contributed by atoms with Crippen LogP contribution in [0, 0.1) is 0 Å². The van der Waals surface area contributed by atoms with Crippen LogP contribution in [0.1, 0.15) is 27.7 Å². The molecule has 1 fully saturated rings. The summed E-state index contributed by atoms with van der Waals surface area (Å²) in [4.78, 5) is 16.2. The first kappa shape index (κ1) is 25.4. The number of amides is 1. The Morgan fingerprint density at radius 2 is 1.75 bits per heavy atom. The van der Waals surface area contributed by atoms with Gasteiger partial charge in [-0.3, -0.25) is 0 Å². The first-order valence-electron chi connectivity index (χ1n) is 12.1. The molecular weight excluding hydrogens is 460 g/mol. The normalized spacial score (nSPS) is 14.9. The van der Waals surface area contributed by atoms with Crippen molar-refractivity contribution in [2.45, 2.75) is 39.5 Å². The van der Waals surface area contributed by atoms with E-state index in [1.807, 2.05) is 69.3 Å². The van der Waals surface area contributed by atoms with E-state index < -0.39 is 11.8 Å². The Morgan fingerprint density at radius 3 is 2.36 bits per heavy atom. The number of hydrogen-bond donors (Lipinski definition) is 2. The van der Waals surface area contributed by atoms with Gasteiger partial charge in [-0.2, -0.15) is 0 Å². The van der Waals surface area contributed by atoms with Crippen molar-refractivity contribution in [3.63, 3.8) is 0 Å². The number of nitrogens with zero attached hydrogens (tertiary/aromatic N) is 3. The molecule has 9 heteroatoms. The number of carbonyl (C=O) groups is 1. The smallest absolute Gasteiger partial charge is 0.410 e. The van der Waals surface area contributed by atoms with Crippen LogP contribution in [0.2, 0.25) is 0 Å². The second-order valence-electron chi connectivity index (χ2n) is 9.79.